The molecule has 0 unspecified atom stereocenters. The quantitative estimate of drug-likeness (QED) is 0.414. The first-order chi connectivity index (χ1) is 16.3. The fraction of sp³-hybridized carbons (Fsp3) is 0.200. The van der Waals surface area contributed by atoms with Crippen LogP contribution in [0, 0.1) is 13.8 Å². The second-order valence-electron chi connectivity index (χ2n) is 7.83. The number of sulfonamides is 1. The zero-order valence-corrected chi connectivity index (χ0v) is 19.7. The Kier molecular flexibility index (Phi) is 6.83. The monoisotopic (exact) mass is 479 g/mol. The predicted octanol–water partition coefficient (Wildman–Crippen LogP) is 3.42. The van der Waals surface area contributed by atoms with Crippen LogP contribution in [-0.2, 0) is 14.8 Å². The molecule has 4 rings (SSSR count). The molecule has 0 saturated carbocycles. The third kappa shape index (κ3) is 5.20. The highest BCUT2D eigenvalue weighted by atomic mass is 32.2. The molecule has 1 aliphatic rings. The van der Waals surface area contributed by atoms with E-state index in [2.05, 4.69) is 10.5 Å². The molecule has 0 aliphatic carbocycles. The Morgan fingerprint density at radius 2 is 1.74 bits per heavy atom. The number of carbonyl (C=O) groups is 1. The first-order valence-corrected chi connectivity index (χ1v) is 12.2. The average Bonchev–Trinajstić information content (AvgIpc) is 2.83. The van der Waals surface area contributed by atoms with Gasteiger partial charge in [-0.2, -0.15) is 5.10 Å². The Bertz CT molecular complexity index is 1320. The minimum Gasteiger partial charge on any atom is -0.486 e. The lowest BCUT2D eigenvalue weighted by Gasteiger charge is -2.24. The summed E-state index contributed by atoms with van der Waals surface area (Å²) < 4.78 is 39.1. The van der Waals surface area contributed by atoms with Gasteiger partial charge in [0.05, 0.1) is 16.8 Å². The molecule has 0 fully saturated rings. The zero-order chi connectivity index (χ0) is 24.1. The molecule has 9 heteroatoms. The third-order valence-electron chi connectivity index (χ3n) is 5.18. The van der Waals surface area contributed by atoms with E-state index in [1.807, 2.05) is 19.9 Å². The lowest BCUT2D eigenvalue weighted by atomic mass is 10.2. The Labute approximate surface area is 198 Å². The zero-order valence-electron chi connectivity index (χ0n) is 18.9. The van der Waals surface area contributed by atoms with Crippen LogP contribution in [0.1, 0.15) is 16.7 Å². The molecule has 176 valence electrons. The number of nitrogens with zero attached hydrogens (tertiary/aromatic N) is 2. The van der Waals surface area contributed by atoms with Crippen molar-refractivity contribution in [2.75, 3.05) is 24.1 Å². The second-order valence-corrected chi connectivity index (χ2v) is 9.69. The number of benzene rings is 3. The second kappa shape index (κ2) is 9.96. The summed E-state index contributed by atoms with van der Waals surface area (Å²) in [6.07, 6.45) is 1.44. The molecule has 0 aromatic heterocycles. The van der Waals surface area contributed by atoms with Crippen LogP contribution >= 0.6 is 0 Å². The summed E-state index contributed by atoms with van der Waals surface area (Å²) in [5, 5.41) is 4.00. The minimum absolute atomic E-state index is 0.101. The van der Waals surface area contributed by atoms with Gasteiger partial charge < -0.3 is 9.47 Å². The van der Waals surface area contributed by atoms with Gasteiger partial charge in [0.1, 0.15) is 19.8 Å². The van der Waals surface area contributed by atoms with Crippen LogP contribution < -0.4 is 19.2 Å². The van der Waals surface area contributed by atoms with Crippen LogP contribution in [0.5, 0.6) is 11.5 Å². The fourth-order valence-corrected chi connectivity index (χ4v) is 4.89. The molecule has 1 heterocycles. The number of anilines is 1. The van der Waals surface area contributed by atoms with Crippen molar-refractivity contribution in [2.24, 2.45) is 5.10 Å². The number of fused-ring (bicyclic) bond motifs is 1. The van der Waals surface area contributed by atoms with Gasteiger partial charge in [0.2, 0.25) is 0 Å². The van der Waals surface area contributed by atoms with Crippen molar-refractivity contribution in [2.45, 2.75) is 18.7 Å². The number of ether oxygens (including phenoxy) is 2. The summed E-state index contributed by atoms with van der Waals surface area (Å²) in [6.45, 7) is 4.18. The summed E-state index contributed by atoms with van der Waals surface area (Å²) >= 11 is 0. The maximum Gasteiger partial charge on any atom is 0.264 e. The molecule has 1 N–H and O–H groups in total. The van der Waals surface area contributed by atoms with Gasteiger partial charge in [-0.05, 0) is 55.8 Å². The van der Waals surface area contributed by atoms with E-state index in [0.717, 1.165) is 15.4 Å². The van der Waals surface area contributed by atoms with Crippen molar-refractivity contribution >= 4 is 27.8 Å². The number of amides is 1. The molecule has 0 saturated heterocycles. The molecule has 0 atom stereocenters. The van der Waals surface area contributed by atoms with Gasteiger partial charge in [-0.3, -0.25) is 9.10 Å². The molecule has 1 amide bonds. The summed E-state index contributed by atoms with van der Waals surface area (Å²) in [6, 6.07) is 18.9. The molecule has 0 radical (unpaired) electrons. The largest absolute Gasteiger partial charge is 0.486 e. The number of hydrogen-bond donors (Lipinski definition) is 1. The number of rotatable bonds is 7. The summed E-state index contributed by atoms with van der Waals surface area (Å²) in [5.74, 6) is 0.571. The highest BCUT2D eigenvalue weighted by molar-refractivity contribution is 7.92. The van der Waals surface area contributed by atoms with E-state index in [-0.39, 0.29) is 4.90 Å². The van der Waals surface area contributed by atoms with E-state index < -0.39 is 22.5 Å². The van der Waals surface area contributed by atoms with Crippen molar-refractivity contribution < 1.29 is 22.7 Å². The van der Waals surface area contributed by atoms with Crippen molar-refractivity contribution in [1.82, 2.24) is 5.43 Å². The number of aryl methyl sites for hydroxylation is 2. The van der Waals surface area contributed by atoms with Crippen molar-refractivity contribution in [3.63, 3.8) is 0 Å². The van der Waals surface area contributed by atoms with Crippen molar-refractivity contribution in [1.29, 1.82) is 0 Å². The Hall–Kier alpha value is -3.85. The van der Waals surface area contributed by atoms with E-state index in [0.29, 0.717) is 36.0 Å². The molecular weight excluding hydrogens is 454 g/mol. The van der Waals surface area contributed by atoms with Crippen LogP contribution in [0.2, 0.25) is 0 Å². The minimum atomic E-state index is -3.99. The molecule has 1 aliphatic heterocycles. The predicted molar refractivity (Wildman–Crippen MR) is 130 cm³/mol. The lowest BCUT2D eigenvalue weighted by molar-refractivity contribution is -0.119. The maximum atomic E-state index is 13.4. The average molecular weight is 480 g/mol. The van der Waals surface area contributed by atoms with Gasteiger partial charge in [-0.15, -0.1) is 0 Å². The van der Waals surface area contributed by atoms with Crippen molar-refractivity contribution in [3.05, 3.63) is 83.4 Å². The van der Waals surface area contributed by atoms with Crippen LogP contribution in [0.15, 0.2) is 76.7 Å². The first-order valence-electron chi connectivity index (χ1n) is 10.7. The standard InChI is InChI=1S/C25H25N3O5S/c1-18-9-11-22(12-10-18)34(30,31)28(21-7-3-5-19(2)15-21)17-24(29)27-26-16-20-6-4-8-23-25(20)33-14-13-32-23/h3-12,15-16H,13-14,17H2,1-2H3,(H,27,29)/b26-16-. The summed E-state index contributed by atoms with van der Waals surface area (Å²) in [5.41, 5.74) is 5.25. The highest BCUT2D eigenvalue weighted by Gasteiger charge is 2.27. The van der Waals surface area contributed by atoms with E-state index >= 15 is 0 Å². The van der Waals surface area contributed by atoms with Gasteiger partial charge in [0, 0.05) is 5.56 Å². The number of carbonyl (C=O) groups excluding carboxylic acids is 1. The molecule has 0 bridgehead atoms. The Morgan fingerprint density at radius 3 is 2.50 bits per heavy atom. The Balaban J connectivity index is 1.55. The van der Waals surface area contributed by atoms with Gasteiger partial charge in [0.25, 0.3) is 15.9 Å². The molecule has 8 nitrogen and oxygen atoms in total. The molecular formula is C25H25N3O5S. The molecule has 3 aromatic rings. The third-order valence-corrected chi connectivity index (χ3v) is 6.96. The SMILES string of the molecule is Cc1ccc(S(=O)(=O)N(CC(=O)N/N=C\c2cccc3c2OCCO3)c2cccc(C)c2)cc1. The molecule has 34 heavy (non-hydrogen) atoms. The van der Waals surface area contributed by atoms with Gasteiger partial charge in [-0.25, -0.2) is 13.8 Å². The smallest absolute Gasteiger partial charge is 0.264 e. The summed E-state index contributed by atoms with van der Waals surface area (Å²) in [4.78, 5) is 12.8. The van der Waals surface area contributed by atoms with Crippen molar-refractivity contribution in [3.8, 4) is 11.5 Å². The molecule has 0 spiro atoms. The van der Waals surface area contributed by atoms with Crippen LogP contribution in [0.4, 0.5) is 5.69 Å². The number of para-hydroxylation sites is 1. The van der Waals surface area contributed by atoms with E-state index in [1.54, 1.807) is 48.5 Å². The number of hydrazone groups is 1. The number of nitrogens with one attached hydrogen (secondary N) is 1. The number of hydrogen-bond acceptors (Lipinski definition) is 6. The lowest BCUT2D eigenvalue weighted by Crippen LogP contribution is -2.39. The van der Waals surface area contributed by atoms with Crippen LogP contribution in [-0.4, -0.2) is 40.3 Å². The topological polar surface area (TPSA) is 97.3 Å². The van der Waals surface area contributed by atoms with E-state index in [9.17, 15) is 13.2 Å². The fourth-order valence-electron chi connectivity index (χ4n) is 3.47. The van der Waals surface area contributed by atoms with Gasteiger partial charge >= 0.3 is 0 Å². The molecule has 3 aromatic carbocycles. The normalized spacial score (nSPS) is 13.0. The van der Waals surface area contributed by atoms with E-state index in [4.69, 9.17) is 9.47 Å². The highest BCUT2D eigenvalue weighted by Crippen LogP contribution is 2.32. The summed E-state index contributed by atoms with van der Waals surface area (Å²) in [7, 11) is -3.99. The van der Waals surface area contributed by atoms with Gasteiger partial charge in [-0.1, -0.05) is 35.9 Å². The van der Waals surface area contributed by atoms with Crippen LogP contribution in [0.3, 0.4) is 0 Å². The first kappa shape index (κ1) is 23.3. The van der Waals surface area contributed by atoms with E-state index in [1.165, 1.54) is 18.3 Å². The maximum absolute atomic E-state index is 13.4. The van der Waals surface area contributed by atoms with Gasteiger partial charge in [0.15, 0.2) is 11.5 Å². The van der Waals surface area contributed by atoms with Crippen LogP contribution in [0.25, 0.3) is 0 Å². The Morgan fingerprint density at radius 1 is 1.00 bits per heavy atom.